The summed E-state index contributed by atoms with van der Waals surface area (Å²) in [7, 11) is 0. The second-order valence-corrected chi connectivity index (χ2v) is 3.93. The van der Waals surface area contributed by atoms with E-state index >= 15 is 0 Å². The molecule has 2 nitrogen and oxygen atoms in total. The molecule has 0 aliphatic carbocycles. The molecule has 0 aromatic rings. The predicted molar refractivity (Wildman–Crippen MR) is 50.6 cm³/mol. The molecule has 1 heterocycles. The number of likely N-dealkylation sites (tertiary alicyclic amines) is 1. The predicted octanol–water partition coefficient (Wildman–Crippen LogP) is 1.96. The monoisotopic (exact) mass is 207 g/mol. The van der Waals surface area contributed by atoms with Crippen LogP contribution in [0.1, 0.15) is 26.2 Å². The van der Waals surface area contributed by atoms with Gasteiger partial charge in [-0.15, -0.1) is 11.6 Å². The van der Waals surface area contributed by atoms with Crippen LogP contribution in [0, 0.1) is 0 Å². The maximum atomic E-state index is 12.9. The quantitative estimate of drug-likeness (QED) is 0.634. The lowest BCUT2D eigenvalue weighted by Gasteiger charge is -2.30. The number of hydrogen-bond acceptors (Lipinski definition) is 1. The first-order chi connectivity index (χ1) is 6.15. The molecule has 0 aromatic carbocycles. The Kier molecular flexibility index (Phi) is 3.97. The number of nitrogens with zero attached hydrogens (tertiary/aromatic N) is 1. The van der Waals surface area contributed by atoms with E-state index in [1.807, 2.05) is 6.92 Å². The van der Waals surface area contributed by atoms with Crippen LogP contribution in [0.5, 0.6) is 0 Å². The molecule has 2 atom stereocenters. The van der Waals surface area contributed by atoms with Gasteiger partial charge in [0.2, 0.25) is 5.91 Å². The highest BCUT2D eigenvalue weighted by molar-refractivity contribution is 6.30. The number of amides is 1. The zero-order chi connectivity index (χ0) is 9.84. The Bertz CT molecular complexity index is 188. The van der Waals surface area contributed by atoms with E-state index in [0.29, 0.717) is 19.4 Å². The molecule has 4 heteroatoms. The van der Waals surface area contributed by atoms with Crippen molar-refractivity contribution in [3.8, 4) is 0 Å². The van der Waals surface area contributed by atoms with Crippen LogP contribution < -0.4 is 0 Å². The fourth-order valence-electron chi connectivity index (χ4n) is 1.50. The second kappa shape index (κ2) is 4.80. The van der Waals surface area contributed by atoms with Gasteiger partial charge in [0.25, 0.3) is 0 Å². The summed E-state index contributed by atoms with van der Waals surface area (Å²) in [6.07, 6.45) is 1.06. The molecule has 0 bridgehead atoms. The Morgan fingerprint density at radius 2 is 2.46 bits per heavy atom. The molecule has 1 fully saturated rings. The van der Waals surface area contributed by atoms with Crippen LogP contribution in [0.25, 0.3) is 0 Å². The van der Waals surface area contributed by atoms with Crippen LogP contribution in [0.4, 0.5) is 4.39 Å². The van der Waals surface area contributed by atoms with Crippen LogP contribution in [0.3, 0.4) is 0 Å². The third-order valence-corrected chi connectivity index (χ3v) is 2.80. The fraction of sp³-hybridized carbons (Fsp3) is 0.889. The van der Waals surface area contributed by atoms with Crippen molar-refractivity contribution in [2.45, 2.75) is 37.7 Å². The van der Waals surface area contributed by atoms with E-state index in [1.165, 1.54) is 4.90 Å². The highest BCUT2D eigenvalue weighted by Gasteiger charge is 2.26. The summed E-state index contributed by atoms with van der Waals surface area (Å²) in [4.78, 5) is 13.0. The molecule has 0 spiro atoms. The van der Waals surface area contributed by atoms with Crippen molar-refractivity contribution >= 4 is 17.5 Å². The zero-order valence-corrected chi connectivity index (χ0v) is 8.56. The summed E-state index contributed by atoms with van der Waals surface area (Å²) in [5.74, 6) is -0.119. The molecule has 1 amide bonds. The van der Waals surface area contributed by atoms with E-state index in [9.17, 15) is 9.18 Å². The van der Waals surface area contributed by atoms with Crippen molar-refractivity contribution in [1.82, 2.24) is 4.90 Å². The smallest absolute Gasteiger partial charge is 0.240 e. The fourth-order valence-corrected chi connectivity index (χ4v) is 1.64. The van der Waals surface area contributed by atoms with Gasteiger partial charge >= 0.3 is 0 Å². The van der Waals surface area contributed by atoms with Crippen LogP contribution in [-0.4, -0.2) is 35.4 Å². The van der Waals surface area contributed by atoms with Gasteiger partial charge in [-0.2, -0.15) is 0 Å². The lowest BCUT2D eigenvalue weighted by atomic mass is 10.1. The summed E-state index contributed by atoms with van der Waals surface area (Å²) in [6.45, 7) is 2.73. The van der Waals surface area contributed by atoms with Crippen molar-refractivity contribution in [2.24, 2.45) is 0 Å². The highest BCUT2D eigenvalue weighted by atomic mass is 35.5. The Morgan fingerprint density at radius 3 is 3.00 bits per heavy atom. The average molecular weight is 208 g/mol. The summed E-state index contributed by atoms with van der Waals surface area (Å²) in [5.41, 5.74) is 0. The van der Waals surface area contributed by atoms with Gasteiger partial charge in [0.05, 0.1) is 6.54 Å². The van der Waals surface area contributed by atoms with E-state index in [4.69, 9.17) is 11.6 Å². The molecule has 13 heavy (non-hydrogen) atoms. The second-order valence-electron chi connectivity index (χ2n) is 3.40. The van der Waals surface area contributed by atoms with E-state index in [-0.39, 0.29) is 12.5 Å². The van der Waals surface area contributed by atoms with Crippen molar-refractivity contribution in [3.05, 3.63) is 0 Å². The third-order valence-electron chi connectivity index (χ3n) is 2.30. The Morgan fingerprint density at radius 1 is 1.77 bits per heavy atom. The molecule has 1 saturated heterocycles. The standard InChI is InChI=1S/C9H15ClFNO/c1-2-8(10)9(13)12-5-3-4-7(11)6-12/h7-8H,2-6H2,1H3/t7-,8-/m1/s1. The Balaban J connectivity index is 2.46. The SMILES string of the molecule is CC[C@@H](Cl)C(=O)N1CCC[C@@H](F)C1. The highest BCUT2D eigenvalue weighted by Crippen LogP contribution is 2.16. The van der Waals surface area contributed by atoms with Gasteiger partial charge in [-0.05, 0) is 19.3 Å². The van der Waals surface area contributed by atoms with Crippen molar-refractivity contribution in [3.63, 3.8) is 0 Å². The molecule has 0 N–H and O–H groups in total. The minimum atomic E-state index is -0.863. The van der Waals surface area contributed by atoms with Gasteiger partial charge in [0, 0.05) is 6.54 Å². The number of halogens is 2. The van der Waals surface area contributed by atoms with E-state index in [0.717, 1.165) is 6.42 Å². The lowest BCUT2D eigenvalue weighted by molar-refractivity contribution is -0.132. The molecular formula is C9H15ClFNO. The number of rotatable bonds is 2. The van der Waals surface area contributed by atoms with Gasteiger partial charge < -0.3 is 4.90 Å². The molecule has 76 valence electrons. The van der Waals surface area contributed by atoms with Crippen molar-refractivity contribution in [1.29, 1.82) is 0 Å². The number of hydrogen-bond donors (Lipinski definition) is 0. The van der Waals surface area contributed by atoms with Crippen molar-refractivity contribution in [2.75, 3.05) is 13.1 Å². The summed E-state index contributed by atoms with van der Waals surface area (Å²) < 4.78 is 12.9. The number of piperidine rings is 1. The molecule has 0 aromatic heterocycles. The Labute approximate surface area is 83.0 Å². The molecule has 0 saturated carbocycles. The average Bonchev–Trinajstić information content (AvgIpc) is 2.15. The molecule has 1 rings (SSSR count). The van der Waals surface area contributed by atoms with Gasteiger partial charge in [-0.1, -0.05) is 6.92 Å². The van der Waals surface area contributed by atoms with E-state index in [2.05, 4.69) is 0 Å². The van der Waals surface area contributed by atoms with E-state index in [1.54, 1.807) is 0 Å². The number of alkyl halides is 2. The maximum absolute atomic E-state index is 12.9. The van der Waals surface area contributed by atoms with Crippen LogP contribution in [0.2, 0.25) is 0 Å². The molecule has 1 aliphatic heterocycles. The summed E-state index contributed by atoms with van der Waals surface area (Å²) >= 11 is 5.78. The largest absolute Gasteiger partial charge is 0.339 e. The molecule has 0 radical (unpaired) electrons. The van der Waals surface area contributed by atoms with Crippen LogP contribution in [-0.2, 0) is 4.79 Å². The van der Waals surface area contributed by atoms with Crippen LogP contribution in [0.15, 0.2) is 0 Å². The zero-order valence-electron chi connectivity index (χ0n) is 7.80. The third kappa shape index (κ3) is 2.83. The first kappa shape index (κ1) is 10.8. The normalized spacial score (nSPS) is 25.8. The minimum absolute atomic E-state index is 0.119. The first-order valence-corrected chi connectivity index (χ1v) is 5.15. The van der Waals surface area contributed by atoms with Gasteiger partial charge in [-0.3, -0.25) is 4.79 Å². The van der Waals surface area contributed by atoms with Crippen molar-refractivity contribution < 1.29 is 9.18 Å². The van der Waals surface area contributed by atoms with E-state index < -0.39 is 11.5 Å². The maximum Gasteiger partial charge on any atom is 0.240 e. The molecule has 0 unspecified atom stereocenters. The summed E-state index contributed by atoms with van der Waals surface area (Å²) in [5, 5.41) is -0.481. The minimum Gasteiger partial charge on any atom is -0.339 e. The molecular weight excluding hydrogens is 193 g/mol. The van der Waals surface area contributed by atoms with Gasteiger partial charge in [0.15, 0.2) is 0 Å². The van der Waals surface area contributed by atoms with Gasteiger partial charge in [0.1, 0.15) is 11.5 Å². The van der Waals surface area contributed by atoms with Crippen LogP contribution >= 0.6 is 11.6 Å². The molecule has 1 aliphatic rings. The summed E-state index contributed by atoms with van der Waals surface area (Å²) in [6, 6.07) is 0. The van der Waals surface area contributed by atoms with Gasteiger partial charge in [-0.25, -0.2) is 4.39 Å². The number of carbonyl (C=O) groups is 1. The number of carbonyl (C=O) groups excluding carboxylic acids is 1. The first-order valence-electron chi connectivity index (χ1n) is 4.72. The topological polar surface area (TPSA) is 20.3 Å². The lowest BCUT2D eigenvalue weighted by Crippen LogP contribution is -2.44. The Hall–Kier alpha value is -0.310.